The van der Waals surface area contributed by atoms with E-state index in [-0.39, 0.29) is 0 Å². The Labute approximate surface area is 92.6 Å². The maximum absolute atomic E-state index is 5.11. The smallest absolute Gasteiger partial charge is 0.0610 e. The Morgan fingerprint density at radius 1 is 1.14 bits per heavy atom. The third kappa shape index (κ3) is 14.6. The van der Waals surface area contributed by atoms with Gasteiger partial charge >= 0.3 is 0 Å². The summed E-state index contributed by atoms with van der Waals surface area (Å²) in [4.78, 5) is 0. The van der Waals surface area contributed by atoms with Crippen LogP contribution in [-0.2, 0) is 4.52 Å². The zero-order valence-electron chi connectivity index (χ0n) is 10.3. The summed E-state index contributed by atoms with van der Waals surface area (Å²) in [5.41, 5.74) is 1.17. The van der Waals surface area contributed by atoms with E-state index in [9.17, 15) is 0 Å². The van der Waals surface area contributed by atoms with Gasteiger partial charge in [0.1, 0.15) is 0 Å². The van der Waals surface area contributed by atoms with Gasteiger partial charge < -0.3 is 4.52 Å². The monoisotopic (exact) mass is 218 g/mol. The van der Waals surface area contributed by atoms with Crippen LogP contribution in [0.25, 0.3) is 0 Å². The summed E-state index contributed by atoms with van der Waals surface area (Å²) < 4.78 is 5.11. The average Bonchev–Trinajstić information content (AvgIpc) is 2.21. The van der Waals surface area contributed by atoms with E-state index in [1.54, 1.807) is 0 Å². The van der Waals surface area contributed by atoms with Crippen LogP contribution in [0.2, 0.25) is 0 Å². The fraction of sp³-hybridized carbons (Fsp3) is 0.833. The van der Waals surface area contributed by atoms with Crippen molar-refractivity contribution in [2.24, 2.45) is 0 Å². The molecule has 0 spiro atoms. The molecule has 86 valence electrons. The van der Waals surface area contributed by atoms with E-state index < -0.39 is 0 Å². The van der Waals surface area contributed by atoms with Gasteiger partial charge in [-0.1, -0.05) is 38.7 Å². The maximum Gasteiger partial charge on any atom is 0.0610 e. The fourth-order valence-electron chi connectivity index (χ4n) is 1.20. The largest absolute Gasteiger partial charge is 0.362 e. The van der Waals surface area contributed by atoms with E-state index in [1.807, 2.05) is 27.7 Å². The highest BCUT2D eigenvalue weighted by molar-refractivity contribution is 7.09. The summed E-state index contributed by atoms with van der Waals surface area (Å²) >= 11 is 0. The van der Waals surface area contributed by atoms with Crippen molar-refractivity contribution in [3.63, 3.8) is 0 Å². The second-order valence-electron chi connectivity index (χ2n) is 3.60. The van der Waals surface area contributed by atoms with Crippen LogP contribution in [0.1, 0.15) is 59.8 Å². The minimum Gasteiger partial charge on any atom is -0.362 e. The molecule has 0 saturated heterocycles. The molecular formula is C12H27OP. The lowest BCUT2D eigenvalue weighted by Gasteiger charge is -2.18. The summed E-state index contributed by atoms with van der Waals surface area (Å²) in [6, 6.07) is 0. The zero-order valence-corrected chi connectivity index (χ0v) is 11.5. The van der Waals surface area contributed by atoms with Crippen LogP contribution in [0.5, 0.6) is 0 Å². The molecule has 1 atom stereocenters. The van der Waals surface area contributed by atoms with Gasteiger partial charge in [0.2, 0.25) is 0 Å². The molecule has 0 radical (unpaired) electrons. The van der Waals surface area contributed by atoms with Gasteiger partial charge in [0.15, 0.2) is 0 Å². The van der Waals surface area contributed by atoms with Gasteiger partial charge in [0, 0.05) is 9.47 Å². The fourth-order valence-corrected chi connectivity index (χ4v) is 1.47. The Bertz CT molecular complexity index is 113. The quantitative estimate of drug-likeness (QED) is 0.456. The standard InChI is InChI=1S/C6H13OP.C4H8.C2H6/c8-7-6-4-2-1-3-5-6;1-4(2)3;1-2/h6H,1-5,8H2;1H2,2-3H3;1-2H3. The molecule has 0 heterocycles. The lowest BCUT2D eigenvalue weighted by molar-refractivity contribution is 0.183. The summed E-state index contributed by atoms with van der Waals surface area (Å²) in [6.45, 7) is 11.5. The van der Waals surface area contributed by atoms with Crippen molar-refractivity contribution in [1.82, 2.24) is 0 Å². The van der Waals surface area contributed by atoms with E-state index in [0.29, 0.717) is 6.10 Å². The van der Waals surface area contributed by atoms with E-state index >= 15 is 0 Å². The first-order valence-electron chi connectivity index (χ1n) is 5.64. The first kappa shape index (κ1) is 16.6. The van der Waals surface area contributed by atoms with Gasteiger partial charge in [-0.3, -0.25) is 0 Å². The molecular weight excluding hydrogens is 191 g/mol. The highest BCUT2D eigenvalue weighted by Gasteiger charge is 2.10. The lowest BCUT2D eigenvalue weighted by atomic mass is 9.98. The number of rotatable bonds is 1. The molecule has 0 amide bonds. The third-order valence-electron chi connectivity index (χ3n) is 1.74. The van der Waals surface area contributed by atoms with Crippen LogP contribution in [0.4, 0.5) is 0 Å². The van der Waals surface area contributed by atoms with E-state index in [0.717, 1.165) is 0 Å². The molecule has 2 heteroatoms. The Hall–Kier alpha value is 0.130. The first-order valence-corrected chi connectivity index (χ1v) is 6.11. The molecule has 1 aliphatic rings. The van der Waals surface area contributed by atoms with E-state index in [4.69, 9.17) is 4.52 Å². The van der Waals surface area contributed by atoms with Crippen molar-refractivity contribution in [3.8, 4) is 0 Å². The summed E-state index contributed by atoms with van der Waals surface area (Å²) in [5, 5.41) is 0. The molecule has 1 aliphatic carbocycles. The predicted molar refractivity (Wildman–Crippen MR) is 69.5 cm³/mol. The van der Waals surface area contributed by atoms with E-state index in [2.05, 4.69) is 16.0 Å². The van der Waals surface area contributed by atoms with Crippen LogP contribution in [-0.4, -0.2) is 6.10 Å². The zero-order chi connectivity index (χ0) is 11.4. The molecule has 1 saturated carbocycles. The third-order valence-corrected chi connectivity index (χ3v) is 2.13. The van der Waals surface area contributed by atoms with Crippen molar-refractivity contribution in [2.75, 3.05) is 0 Å². The Balaban J connectivity index is 0. The van der Waals surface area contributed by atoms with Crippen LogP contribution in [0.15, 0.2) is 12.2 Å². The first-order chi connectivity index (χ1) is 6.66. The molecule has 0 aromatic carbocycles. The van der Waals surface area contributed by atoms with Crippen molar-refractivity contribution in [1.29, 1.82) is 0 Å². The van der Waals surface area contributed by atoms with Crippen molar-refractivity contribution in [3.05, 3.63) is 12.2 Å². The second kappa shape index (κ2) is 13.1. The Morgan fingerprint density at radius 2 is 1.50 bits per heavy atom. The Morgan fingerprint density at radius 3 is 1.71 bits per heavy atom. The van der Waals surface area contributed by atoms with Crippen LogP contribution >= 0.6 is 9.47 Å². The van der Waals surface area contributed by atoms with Gasteiger partial charge in [0.25, 0.3) is 0 Å². The molecule has 0 N–H and O–H groups in total. The minimum atomic E-state index is 0.550. The topological polar surface area (TPSA) is 9.23 Å². The Kier molecular flexibility index (Phi) is 15.5. The molecule has 14 heavy (non-hydrogen) atoms. The predicted octanol–water partition coefficient (Wildman–Crippen LogP) is 4.73. The summed E-state index contributed by atoms with van der Waals surface area (Å²) in [6.07, 6.45) is 7.21. The van der Waals surface area contributed by atoms with Crippen molar-refractivity contribution < 1.29 is 4.52 Å². The molecule has 1 fully saturated rings. The number of hydrogen-bond acceptors (Lipinski definition) is 1. The molecule has 1 unspecified atom stereocenters. The number of allylic oxidation sites excluding steroid dienone is 1. The van der Waals surface area contributed by atoms with Gasteiger partial charge in [0.05, 0.1) is 6.10 Å². The van der Waals surface area contributed by atoms with Crippen molar-refractivity contribution >= 4 is 9.47 Å². The SMILES string of the molecule is C=C(C)C.CC.POC1CCCCC1. The minimum absolute atomic E-state index is 0.550. The van der Waals surface area contributed by atoms with Gasteiger partial charge in [-0.15, -0.1) is 6.58 Å². The summed E-state index contributed by atoms with van der Waals surface area (Å²) in [5.74, 6) is 0. The molecule has 1 nitrogen and oxygen atoms in total. The van der Waals surface area contributed by atoms with Gasteiger partial charge in [-0.05, 0) is 26.7 Å². The molecule has 0 aromatic rings. The lowest BCUT2D eigenvalue weighted by Crippen LogP contribution is -2.11. The highest BCUT2D eigenvalue weighted by Crippen LogP contribution is 2.21. The number of hydrogen-bond donors (Lipinski definition) is 0. The molecule has 1 rings (SSSR count). The highest BCUT2D eigenvalue weighted by atomic mass is 31.0. The normalized spacial score (nSPS) is 15.8. The maximum atomic E-state index is 5.11. The molecule has 0 bridgehead atoms. The van der Waals surface area contributed by atoms with Crippen LogP contribution < -0.4 is 0 Å². The molecule has 0 aliphatic heterocycles. The van der Waals surface area contributed by atoms with Gasteiger partial charge in [-0.2, -0.15) is 0 Å². The average molecular weight is 218 g/mol. The summed E-state index contributed by atoms with van der Waals surface area (Å²) in [7, 11) is 2.35. The molecule has 0 aromatic heterocycles. The van der Waals surface area contributed by atoms with Crippen molar-refractivity contribution in [2.45, 2.75) is 65.9 Å². The van der Waals surface area contributed by atoms with Gasteiger partial charge in [-0.25, -0.2) is 0 Å². The van der Waals surface area contributed by atoms with Crippen LogP contribution in [0, 0.1) is 0 Å². The second-order valence-corrected chi connectivity index (χ2v) is 3.88. The van der Waals surface area contributed by atoms with Crippen LogP contribution in [0.3, 0.4) is 0 Å². The van der Waals surface area contributed by atoms with E-state index in [1.165, 1.54) is 37.7 Å².